The number of para-hydroxylation sites is 1. The van der Waals surface area contributed by atoms with Crippen molar-refractivity contribution in [3.05, 3.63) is 66.0 Å². The summed E-state index contributed by atoms with van der Waals surface area (Å²) >= 11 is 0. The minimum atomic E-state index is -0.163. The summed E-state index contributed by atoms with van der Waals surface area (Å²) in [4.78, 5) is 15.6. The molecule has 102 valence electrons. The molecular formula is C16H16N2O2. The number of carbonyl (C=O) groups excluding carboxylic acids is 1. The van der Waals surface area contributed by atoms with Gasteiger partial charge in [0.2, 0.25) is 5.91 Å². The van der Waals surface area contributed by atoms with Crippen LogP contribution < -0.4 is 5.32 Å². The van der Waals surface area contributed by atoms with E-state index in [1.54, 1.807) is 30.6 Å². The van der Waals surface area contributed by atoms with Crippen LogP contribution in [0.1, 0.15) is 11.1 Å². The SMILES string of the molecule is O=C(C=Cc1cccnc1)NCCc1ccccc1O. The number of hydrogen-bond acceptors (Lipinski definition) is 3. The molecule has 4 heteroatoms. The van der Waals surface area contributed by atoms with Gasteiger partial charge in [-0.05, 0) is 35.8 Å². The van der Waals surface area contributed by atoms with Crippen LogP contribution in [-0.2, 0) is 11.2 Å². The first-order chi connectivity index (χ1) is 9.75. The van der Waals surface area contributed by atoms with Crippen molar-refractivity contribution in [3.63, 3.8) is 0 Å². The Balaban J connectivity index is 1.79. The van der Waals surface area contributed by atoms with Gasteiger partial charge in [0.25, 0.3) is 0 Å². The van der Waals surface area contributed by atoms with Crippen LogP contribution in [0.2, 0.25) is 0 Å². The number of nitrogens with one attached hydrogen (secondary N) is 1. The van der Waals surface area contributed by atoms with E-state index in [1.807, 2.05) is 24.3 Å². The summed E-state index contributed by atoms with van der Waals surface area (Å²) < 4.78 is 0. The Morgan fingerprint density at radius 3 is 2.85 bits per heavy atom. The smallest absolute Gasteiger partial charge is 0.244 e. The summed E-state index contributed by atoms with van der Waals surface area (Å²) in [5.41, 5.74) is 1.70. The fourth-order valence-corrected chi connectivity index (χ4v) is 1.75. The molecule has 0 bridgehead atoms. The lowest BCUT2D eigenvalue weighted by Crippen LogP contribution is -2.23. The number of nitrogens with zero attached hydrogens (tertiary/aromatic N) is 1. The van der Waals surface area contributed by atoms with Crippen LogP contribution in [0.15, 0.2) is 54.9 Å². The predicted molar refractivity (Wildman–Crippen MR) is 78.1 cm³/mol. The number of phenols is 1. The number of amides is 1. The highest BCUT2D eigenvalue weighted by atomic mass is 16.3. The van der Waals surface area contributed by atoms with Crippen LogP contribution in [-0.4, -0.2) is 22.5 Å². The number of aromatic hydroxyl groups is 1. The number of carbonyl (C=O) groups is 1. The maximum atomic E-state index is 11.6. The average Bonchev–Trinajstić information content (AvgIpc) is 2.48. The van der Waals surface area contributed by atoms with Gasteiger partial charge >= 0.3 is 0 Å². The van der Waals surface area contributed by atoms with Crippen LogP contribution in [0.3, 0.4) is 0 Å². The van der Waals surface area contributed by atoms with Gasteiger partial charge < -0.3 is 10.4 Å². The summed E-state index contributed by atoms with van der Waals surface area (Å²) in [7, 11) is 0. The fraction of sp³-hybridized carbons (Fsp3) is 0.125. The summed E-state index contributed by atoms with van der Waals surface area (Å²) in [6.07, 6.45) is 7.15. The van der Waals surface area contributed by atoms with Crippen molar-refractivity contribution in [2.24, 2.45) is 0 Å². The third kappa shape index (κ3) is 4.24. The second kappa shape index (κ2) is 7.09. The van der Waals surface area contributed by atoms with Gasteiger partial charge in [-0.2, -0.15) is 0 Å². The Bertz CT molecular complexity index is 594. The van der Waals surface area contributed by atoms with E-state index in [1.165, 1.54) is 6.08 Å². The maximum Gasteiger partial charge on any atom is 0.244 e. The zero-order chi connectivity index (χ0) is 14.2. The van der Waals surface area contributed by atoms with E-state index in [-0.39, 0.29) is 11.7 Å². The van der Waals surface area contributed by atoms with E-state index in [9.17, 15) is 9.90 Å². The minimum absolute atomic E-state index is 0.163. The van der Waals surface area contributed by atoms with Crippen LogP contribution in [0.25, 0.3) is 6.08 Å². The molecule has 1 aromatic heterocycles. The predicted octanol–water partition coefficient (Wildman–Crippen LogP) is 2.16. The van der Waals surface area contributed by atoms with E-state index in [0.717, 1.165) is 11.1 Å². The van der Waals surface area contributed by atoms with E-state index < -0.39 is 0 Å². The standard InChI is InChI=1S/C16H16N2O2/c19-15-6-2-1-5-14(15)9-11-18-16(20)8-7-13-4-3-10-17-12-13/h1-8,10,12,19H,9,11H2,(H,18,20). The van der Waals surface area contributed by atoms with Gasteiger partial charge in [-0.1, -0.05) is 24.3 Å². The summed E-state index contributed by atoms with van der Waals surface area (Å²) in [5.74, 6) is 0.0944. The molecule has 0 aliphatic heterocycles. The van der Waals surface area contributed by atoms with Crippen molar-refractivity contribution in [1.82, 2.24) is 10.3 Å². The molecule has 20 heavy (non-hydrogen) atoms. The van der Waals surface area contributed by atoms with Crippen LogP contribution in [0.4, 0.5) is 0 Å². The lowest BCUT2D eigenvalue weighted by Gasteiger charge is -2.04. The molecule has 0 saturated heterocycles. The number of phenolic OH excluding ortho intramolecular Hbond substituents is 1. The molecule has 0 fully saturated rings. The fourth-order valence-electron chi connectivity index (χ4n) is 1.75. The third-order valence-electron chi connectivity index (χ3n) is 2.80. The Kier molecular flexibility index (Phi) is 4.89. The quantitative estimate of drug-likeness (QED) is 0.817. The number of aromatic nitrogens is 1. The normalized spacial score (nSPS) is 10.6. The highest BCUT2D eigenvalue weighted by Crippen LogP contribution is 2.15. The van der Waals surface area contributed by atoms with Crippen molar-refractivity contribution in [1.29, 1.82) is 0 Å². The molecule has 4 nitrogen and oxygen atoms in total. The van der Waals surface area contributed by atoms with Gasteiger partial charge in [0.15, 0.2) is 0 Å². The molecule has 0 spiro atoms. The van der Waals surface area contributed by atoms with Crippen LogP contribution in [0.5, 0.6) is 5.75 Å². The zero-order valence-corrected chi connectivity index (χ0v) is 11.0. The van der Waals surface area contributed by atoms with E-state index in [2.05, 4.69) is 10.3 Å². The maximum absolute atomic E-state index is 11.6. The third-order valence-corrected chi connectivity index (χ3v) is 2.80. The molecule has 2 aromatic rings. The first-order valence-electron chi connectivity index (χ1n) is 6.38. The molecule has 0 aliphatic rings. The van der Waals surface area contributed by atoms with Crippen molar-refractivity contribution in [2.45, 2.75) is 6.42 Å². The van der Waals surface area contributed by atoms with Crippen LogP contribution in [0, 0.1) is 0 Å². The average molecular weight is 268 g/mol. The molecule has 1 aromatic carbocycles. The molecular weight excluding hydrogens is 252 g/mol. The summed E-state index contributed by atoms with van der Waals surface area (Å²) in [5, 5.41) is 12.4. The second-order valence-corrected chi connectivity index (χ2v) is 4.29. The minimum Gasteiger partial charge on any atom is -0.508 e. The van der Waals surface area contributed by atoms with E-state index >= 15 is 0 Å². The molecule has 0 atom stereocenters. The molecule has 0 saturated carbocycles. The number of benzene rings is 1. The molecule has 0 aliphatic carbocycles. The largest absolute Gasteiger partial charge is 0.508 e. The molecule has 2 N–H and O–H groups in total. The first kappa shape index (κ1) is 13.8. The van der Waals surface area contributed by atoms with Crippen molar-refractivity contribution in [2.75, 3.05) is 6.54 Å². The van der Waals surface area contributed by atoms with Crippen molar-refractivity contribution >= 4 is 12.0 Å². The molecule has 2 rings (SSSR count). The van der Waals surface area contributed by atoms with Crippen LogP contribution >= 0.6 is 0 Å². The Morgan fingerprint density at radius 2 is 2.10 bits per heavy atom. The molecule has 0 radical (unpaired) electrons. The van der Waals surface area contributed by atoms with E-state index in [0.29, 0.717) is 13.0 Å². The van der Waals surface area contributed by atoms with Gasteiger partial charge in [-0.25, -0.2) is 0 Å². The van der Waals surface area contributed by atoms with E-state index in [4.69, 9.17) is 0 Å². The van der Waals surface area contributed by atoms with Crippen molar-refractivity contribution in [3.8, 4) is 5.75 Å². The first-order valence-corrected chi connectivity index (χ1v) is 6.38. The molecule has 0 unspecified atom stereocenters. The highest BCUT2D eigenvalue weighted by Gasteiger charge is 2.00. The Labute approximate surface area is 117 Å². The lowest BCUT2D eigenvalue weighted by atomic mass is 10.1. The number of rotatable bonds is 5. The summed E-state index contributed by atoms with van der Waals surface area (Å²) in [6.45, 7) is 0.480. The van der Waals surface area contributed by atoms with Gasteiger partial charge in [0.05, 0.1) is 0 Å². The number of pyridine rings is 1. The number of hydrogen-bond donors (Lipinski definition) is 2. The molecule has 1 heterocycles. The highest BCUT2D eigenvalue weighted by molar-refractivity contribution is 5.91. The summed E-state index contributed by atoms with van der Waals surface area (Å²) in [6, 6.07) is 10.8. The second-order valence-electron chi connectivity index (χ2n) is 4.29. The topological polar surface area (TPSA) is 62.2 Å². The van der Waals surface area contributed by atoms with Gasteiger partial charge in [0, 0.05) is 25.0 Å². The van der Waals surface area contributed by atoms with Crippen molar-refractivity contribution < 1.29 is 9.90 Å². The Hall–Kier alpha value is -2.62. The zero-order valence-electron chi connectivity index (χ0n) is 11.0. The van der Waals surface area contributed by atoms with Gasteiger partial charge in [-0.3, -0.25) is 9.78 Å². The lowest BCUT2D eigenvalue weighted by molar-refractivity contribution is -0.116. The Morgan fingerprint density at radius 1 is 1.25 bits per heavy atom. The van der Waals surface area contributed by atoms with Gasteiger partial charge in [-0.15, -0.1) is 0 Å². The monoisotopic (exact) mass is 268 g/mol. The molecule has 1 amide bonds. The van der Waals surface area contributed by atoms with Gasteiger partial charge in [0.1, 0.15) is 5.75 Å².